The summed E-state index contributed by atoms with van der Waals surface area (Å²) in [6.07, 6.45) is 0. The largest absolute Gasteiger partial charge is 0.492 e. The van der Waals surface area contributed by atoms with Crippen molar-refractivity contribution < 1.29 is 4.74 Å². The average molecular weight is 235 g/mol. The van der Waals surface area contributed by atoms with E-state index in [0.717, 1.165) is 11.3 Å². The highest BCUT2D eigenvalue weighted by Gasteiger charge is 2.10. The molecule has 0 amide bonds. The third-order valence-corrected chi connectivity index (χ3v) is 2.49. The first kappa shape index (κ1) is 10.9. The zero-order chi connectivity index (χ0) is 11.5. The third kappa shape index (κ3) is 1.99. The predicted octanol–water partition coefficient (Wildman–Crippen LogP) is 3.11. The fraction of sp³-hybridized carbons (Fsp3) is 0.167. The Balaban J connectivity index is 2.53. The Labute approximate surface area is 99.1 Å². The number of nitrogens with zero attached hydrogens (tertiary/aromatic N) is 2. The summed E-state index contributed by atoms with van der Waals surface area (Å²) in [7, 11) is 1.56. The van der Waals surface area contributed by atoms with Crippen LogP contribution in [-0.4, -0.2) is 17.1 Å². The normalized spacial score (nSPS) is 10.2. The molecule has 0 saturated heterocycles. The molecular formula is C12H11ClN2O. The Hall–Kier alpha value is -1.61. The number of aryl methyl sites for hydroxylation is 1. The number of hydrogen-bond donors (Lipinski definition) is 0. The van der Waals surface area contributed by atoms with Gasteiger partial charge < -0.3 is 4.74 Å². The van der Waals surface area contributed by atoms with Crippen LogP contribution >= 0.6 is 11.6 Å². The monoisotopic (exact) mass is 234 g/mol. The van der Waals surface area contributed by atoms with E-state index in [0.29, 0.717) is 16.7 Å². The van der Waals surface area contributed by atoms with Gasteiger partial charge >= 0.3 is 0 Å². The van der Waals surface area contributed by atoms with Gasteiger partial charge in [-0.05, 0) is 6.92 Å². The number of methoxy groups -OCH3 is 1. The van der Waals surface area contributed by atoms with E-state index in [2.05, 4.69) is 9.97 Å². The van der Waals surface area contributed by atoms with Gasteiger partial charge in [0.15, 0.2) is 16.7 Å². The van der Waals surface area contributed by atoms with Crippen molar-refractivity contribution in [2.45, 2.75) is 6.92 Å². The number of rotatable bonds is 2. The van der Waals surface area contributed by atoms with Gasteiger partial charge in [0.05, 0.1) is 12.8 Å². The minimum Gasteiger partial charge on any atom is -0.492 e. The molecule has 4 heteroatoms. The fourth-order valence-corrected chi connectivity index (χ4v) is 1.77. The van der Waals surface area contributed by atoms with Crippen LogP contribution in [0.3, 0.4) is 0 Å². The molecule has 0 fully saturated rings. The summed E-state index contributed by atoms with van der Waals surface area (Å²) >= 11 is 6.01. The Bertz CT molecular complexity index is 477. The molecule has 0 aliphatic rings. The Kier molecular flexibility index (Phi) is 3.06. The molecule has 3 nitrogen and oxygen atoms in total. The minimum atomic E-state index is 0.342. The molecule has 2 aromatic rings. The molecule has 0 bridgehead atoms. The van der Waals surface area contributed by atoms with Gasteiger partial charge in [-0.2, -0.15) is 0 Å². The van der Waals surface area contributed by atoms with Gasteiger partial charge in [-0.1, -0.05) is 41.9 Å². The molecular weight excluding hydrogens is 224 g/mol. The second kappa shape index (κ2) is 4.49. The molecule has 1 heterocycles. The average Bonchev–Trinajstić information content (AvgIpc) is 2.30. The first-order chi connectivity index (χ1) is 7.72. The van der Waals surface area contributed by atoms with E-state index in [-0.39, 0.29) is 0 Å². The van der Waals surface area contributed by atoms with Gasteiger partial charge in [0.2, 0.25) is 0 Å². The molecule has 16 heavy (non-hydrogen) atoms. The fourth-order valence-electron chi connectivity index (χ4n) is 1.48. The lowest BCUT2D eigenvalue weighted by Gasteiger charge is -2.07. The van der Waals surface area contributed by atoms with Crippen LogP contribution in [0.5, 0.6) is 5.75 Å². The molecule has 1 aromatic carbocycles. The van der Waals surface area contributed by atoms with E-state index < -0.39 is 0 Å². The van der Waals surface area contributed by atoms with E-state index in [9.17, 15) is 0 Å². The van der Waals surface area contributed by atoms with Crippen molar-refractivity contribution in [3.05, 3.63) is 41.2 Å². The maximum Gasteiger partial charge on any atom is 0.177 e. The zero-order valence-electron chi connectivity index (χ0n) is 9.07. The van der Waals surface area contributed by atoms with Crippen LogP contribution in [-0.2, 0) is 0 Å². The molecule has 0 unspecified atom stereocenters. The van der Waals surface area contributed by atoms with E-state index in [1.54, 1.807) is 7.11 Å². The highest BCUT2D eigenvalue weighted by atomic mass is 35.5. The van der Waals surface area contributed by atoms with Crippen molar-refractivity contribution in [2.75, 3.05) is 7.11 Å². The van der Waals surface area contributed by atoms with Crippen LogP contribution in [0.25, 0.3) is 11.4 Å². The molecule has 0 N–H and O–H groups in total. The summed E-state index contributed by atoms with van der Waals surface area (Å²) in [5.41, 5.74) is 1.68. The molecule has 1 aromatic heterocycles. The van der Waals surface area contributed by atoms with Crippen LogP contribution in [0.2, 0.25) is 5.15 Å². The van der Waals surface area contributed by atoms with Crippen LogP contribution in [0, 0.1) is 6.92 Å². The highest BCUT2D eigenvalue weighted by Crippen LogP contribution is 2.27. The lowest BCUT2D eigenvalue weighted by Crippen LogP contribution is -1.97. The Morgan fingerprint density at radius 1 is 1.12 bits per heavy atom. The zero-order valence-corrected chi connectivity index (χ0v) is 9.82. The van der Waals surface area contributed by atoms with Crippen LogP contribution in [0.4, 0.5) is 0 Å². The summed E-state index contributed by atoms with van der Waals surface area (Å²) in [6, 6.07) is 9.70. The van der Waals surface area contributed by atoms with Crippen molar-refractivity contribution >= 4 is 11.6 Å². The first-order valence-corrected chi connectivity index (χ1v) is 5.23. The molecule has 0 radical (unpaired) electrons. The first-order valence-electron chi connectivity index (χ1n) is 4.86. The molecule has 0 spiro atoms. The lowest BCUT2D eigenvalue weighted by molar-refractivity contribution is 0.407. The third-order valence-electron chi connectivity index (χ3n) is 2.23. The molecule has 0 saturated carbocycles. The molecule has 82 valence electrons. The summed E-state index contributed by atoms with van der Waals surface area (Å²) in [5.74, 6) is 1.14. The minimum absolute atomic E-state index is 0.342. The van der Waals surface area contributed by atoms with E-state index in [4.69, 9.17) is 16.3 Å². The van der Waals surface area contributed by atoms with Gasteiger partial charge in [-0.3, -0.25) is 0 Å². The maximum absolute atomic E-state index is 6.01. The van der Waals surface area contributed by atoms with Gasteiger partial charge in [0.1, 0.15) is 0 Å². The van der Waals surface area contributed by atoms with Gasteiger partial charge in [0.25, 0.3) is 0 Å². The second-order valence-electron chi connectivity index (χ2n) is 3.32. The van der Waals surface area contributed by atoms with Crippen LogP contribution < -0.4 is 4.74 Å². The predicted molar refractivity (Wildman–Crippen MR) is 63.8 cm³/mol. The number of aromatic nitrogens is 2. The number of hydrogen-bond acceptors (Lipinski definition) is 3. The van der Waals surface area contributed by atoms with Gasteiger partial charge in [-0.25, -0.2) is 9.97 Å². The molecule has 0 atom stereocenters. The summed E-state index contributed by atoms with van der Waals surface area (Å²) in [5, 5.41) is 0.342. The van der Waals surface area contributed by atoms with Crippen LogP contribution in [0.15, 0.2) is 30.3 Å². The summed E-state index contributed by atoms with van der Waals surface area (Å²) in [6.45, 7) is 1.85. The molecule has 2 rings (SSSR count). The Morgan fingerprint density at radius 3 is 2.38 bits per heavy atom. The van der Waals surface area contributed by atoms with Crippen molar-refractivity contribution in [3.8, 4) is 17.1 Å². The smallest absolute Gasteiger partial charge is 0.177 e. The number of benzene rings is 1. The summed E-state index contributed by atoms with van der Waals surface area (Å²) < 4.78 is 5.11. The highest BCUT2D eigenvalue weighted by molar-refractivity contribution is 6.31. The standard InChI is InChI=1S/C12H11ClN2O/c1-8-10(16-2)11(13)15-12(14-8)9-6-4-3-5-7-9/h3-7H,1-2H3. The molecule has 0 aliphatic carbocycles. The van der Waals surface area contributed by atoms with Crippen molar-refractivity contribution in [2.24, 2.45) is 0 Å². The van der Waals surface area contributed by atoms with E-state index in [1.165, 1.54) is 0 Å². The van der Waals surface area contributed by atoms with Gasteiger partial charge in [0, 0.05) is 5.56 Å². The van der Waals surface area contributed by atoms with Crippen molar-refractivity contribution in [1.29, 1.82) is 0 Å². The van der Waals surface area contributed by atoms with Crippen molar-refractivity contribution in [1.82, 2.24) is 9.97 Å². The summed E-state index contributed by atoms with van der Waals surface area (Å²) in [4.78, 5) is 8.56. The Morgan fingerprint density at radius 2 is 1.81 bits per heavy atom. The van der Waals surface area contributed by atoms with Gasteiger partial charge in [-0.15, -0.1) is 0 Å². The van der Waals surface area contributed by atoms with E-state index >= 15 is 0 Å². The molecule has 0 aliphatic heterocycles. The van der Waals surface area contributed by atoms with E-state index in [1.807, 2.05) is 37.3 Å². The number of halogens is 1. The number of ether oxygens (including phenoxy) is 1. The SMILES string of the molecule is COc1c(C)nc(-c2ccccc2)nc1Cl. The maximum atomic E-state index is 6.01. The lowest BCUT2D eigenvalue weighted by atomic mass is 10.2. The van der Waals surface area contributed by atoms with Crippen molar-refractivity contribution in [3.63, 3.8) is 0 Å². The topological polar surface area (TPSA) is 35.0 Å². The second-order valence-corrected chi connectivity index (χ2v) is 3.68. The quantitative estimate of drug-likeness (QED) is 0.749. The van der Waals surface area contributed by atoms with Crippen LogP contribution in [0.1, 0.15) is 5.69 Å².